The third-order valence-electron chi connectivity index (χ3n) is 5.97. The van der Waals surface area contributed by atoms with Crippen LogP contribution in [-0.4, -0.2) is 37.1 Å². The summed E-state index contributed by atoms with van der Waals surface area (Å²) < 4.78 is 11.6. The van der Waals surface area contributed by atoms with Crippen molar-refractivity contribution in [3.05, 3.63) is 58.7 Å². The van der Waals surface area contributed by atoms with Crippen LogP contribution in [0.15, 0.2) is 36.4 Å². The number of para-hydroxylation sites is 2. The molecule has 0 radical (unpaired) electrons. The molecule has 2 N–H and O–H groups in total. The van der Waals surface area contributed by atoms with Gasteiger partial charge in [-0.25, -0.2) is 0 Å². The Bertz CT molecular complexity index is 839. The highest BCUT2D eigenvalue weighted by Crippen LogP contribution is 2.24. The molecule has 0 aromatic heterocycles. The number of benzene rings is 2. The molecule has 1 saturated carbocycles. The monoisotopic (exact) mass is 438 g/mol. The maximum Gasteiger partial charge on any atom is 0.258 e. The lowest BCUT2D eigenvalue weighted by Gasteiger charge is -2.32. The zero-order valence-electron chi connectivity index (χ0n) is 19.5. The van der Waals surface area contributed by atoms with Crippen LogP contribution in [0, 0.1) is 27.7 Å². The van der Waals surface area contributed by atoms with Gasteiger partial charge in [0.15, 0.2) is 13.2 Å². The van der Waals surface area contributed by atoms with E-state index in [1.807, 2.05) is 64.1 Å². The highest BCUT2D eigenvalue weighted by molar-refractivity contribution is 5.79. The second-order valence-corrected chi connectivity index (χ2v) is 8.65. The second-order valence-electron chi connectivity index (χ2n) is 8.65. The van der Waals surface area contributed by atoms with E-state index in [2.05, 4.69) is 10.6 Å². The Balaban J connectivity index is 1.51. The molecule has 1 aliphatic carbocycles. The number of ether oxygens (including phenoxy) is 2. The van der Waals surface area contributed by atoms with Crippen molar-refractivity contribution in [1.29, 1.82) is 0 Å². The second kappa shape index (κ2) is 11.0. The fourth-order valence-electron chi connectivity index (χ4n) is 4.30. The fraction of sp³-hybridized carbons (Fsp3) is 0.462. The summed E-state index contributed by atoms with van der Waals surface area (Å²) >= 11 is 0. The van der Waals surface area contributed by atoms with Gasteiger partial charge in [-0.1, -0.05) is 49.2 Å². The number of hydrogen-bond donors (Lipinski definition) is 2. The van der Waals surface area contributed by atoms with Gasteiger partial charge in [-0.15, -0.1) is 0 Å². The van der Waals surface area contributed by atoms with Crippen LogP contribution in [0.3, 0.4) is 0 Å². The van der Waals surface area contributed by atoms with E-state index in [1.165, 1.54) is 0 Å². The predicted molar refractivity (Wildman–Crippen MR) is 125 cm³/mol. The molecule has 3 rings (SSSR count). The Kier molecular flexibility index (Phi) is 8.14. The highest BCUT2D eigenvalue weighted by atomic mass is 16.5. The van der Waals surface area contributed by atoms with E-state index in [0.717, 1.165) is 59.4 Å². The van der Waals surface area contributed by atoms with Gasteiger partial charge >= 0.3 is 0 Å². The number of hydrogen-bond acceptors (Lipinski definition) is 4. The molecule has 0 unspecified atom stereocenters. The summed E-state index contributed by atoms with van der Waals surface area (Å²) in [5, 5.41) is 6.11. The van der Waals surface area contributed by atoms with Gasteiger partial charge in [0.1, 0.15) is 11.5 Å². The molecule has 2 aromatic rings. The normalized spacial score (nSPS) is 18.0. The summed E-state index contributed by atoms with van der Waals surface area (Å²) in [5.41, 5.74) is 4.02. The van der Waals surface area contributed by atoms with Gasteiger partial charge in [0.25, 0.3) is 11.8 Å². The van der Waals surface area contributed by atoms with E-state index in [0.29, 0.717) is 0 Å². The standard InChI is InChI=1S/C26H34N2O4/c1-17-9-7-10-18(2)25(17)31-15-23(29)27-21-13-5-6-14-22(21)28-24(30)16-32-26-19(3)11-8-12-20(26)4/h7-12,21-22H,5-6,13-16H2,1-4H3,(H,27,29)(H,28,30)/t21-,22-/m1/s1. The first-order chi connectivity index (χ1) is 15.3. The van der Waals surface area contributed by atoms with Crippen molar-refractivity contribution >= 4 is 11.8 Å². The van der Waals surface area contributed by atoms with Crippen molar-refractivity contribution in [2.45, 2.75) is 65.5 Å². The van der Waals surface area contributed by atoms with Crippen LogP contribution in [-0.2, 0) is 9.59 Å². The highest BCUT2D eigenvalue weighted by Gasteiger charge is 2.28. The molecule has 2 aromatic carbocycles. The minimum atomic E-state index is -0.175. The maximum absolute atomic E-state index is 12.6. The summed E-state index contributed by atoms with van der Waals surface area (Å²) in [6.07, 6.45) is 3.71. The molecule has 6 nitrogen and oxygen atoms in total. The summed E-state index contributed by atoms with van der Waals surface area (Å²) in [5.74, 6) is 1.15. The van der Waals surface area contributed by atoms with E-state index in [9.17, 15) is 9.59 Å². The van der Waals surface area contributed by atoms with Crippen molar-refractivity contribution in [2.75, 3.05) is 13.2 Å². The third-order valence-corrected chi connectivity index (χ3v) is 5.97. The van der Waals surface area contributed by atoms with Gasteiger partial charge < -0.3 is 20.1 Å². The summed E-state index contributed by atoms with van der Waals surface area (Å²) in [6.45, 7) is 7.78. The first-order valence-corrected chi connectivity index (χ1v) is 11.3. The predicted octanol–water partition coefficient (Wildman–Crippen LogP) is 3.92. The molecule has 0 heterocycles. The van der Waals surface area contributed by atoms with Crippen molar-refractivity contribution < 1.29 is 19.1 Å². The van der Waals surface area contributed by atoms with Crippen molar-refractivity contribution in [1.82, 2.24) is 10.6 Å². The van der Waals surface area contributed by atoms with Gasteiger partial charge in [-0.2, -0.15) is 0 Å². The lowest BCUT2D eigenvalue weighted by atomic mass is 9.90. The van der Waals surface area contributed by atoms with Gasteiger partial charge in [0.05, 0.1) is 0 Å². The smallest absolute Gasteiger partial charge is 0.258 e. The molecule has 0 saturated heterocycles. The van der Waals surface area contributed by atoms with E-state index in [4.69, 9.17) is 9.47 Å². The van der Waals surface area contributed by atoms with Crippen LogP contribution < -0.4 is 20.1 Å². The Hall–Kier alpha value is -3.02. The minimum Gasteiger partial charge on any atom is -0.483 e. The van der Waals surface area contributed by atoms with Crippen LogP contribution in [0.1, 0.15) is 47.9 Å². The molecule has 32 heavy (non-hydrogen) atoms. The van der Waals surface area contributed by atoms with Gasteiger partial charge in [0.2, 0.25) is 0 Å². The molecule has 172 valence electrons. The topological polar surface area (TPSA) is 76.7 Å². The quantitative estimate of drug-likeness (QED) is 0.655. The minimum absolute atomic E-state index is 0.0431. The maximum atomic E-state index is 12.6. The number of aryl methyl sites for hydroxylation is 4. The zero-order chi connectivity index (χ0) is 23.1. The summed E-state index contributed by atoms with van der Waals surface area (Å²) in [7, 11) is 0. The number of carbonyl (C=O) groups excluding carboxylic acids is 2. The molecule has 0 bridgehead atoms. The number of rotatable bonds is 8. The lowest BCUT2D eigenvalue weighted by Crippen LogP contribution is -2.54. The Morgan fingerprint density at radius 3 is 1.41 bits per heavy atom. The molecule has 1 aliphatic rings. The van der Waals surface area contributed by atoms with Crippen molar-refractivity contribution in [3.8, 4) is 11.5 Å². The molecule has 0 spiro atoms. The number of nitrogens with one attached hydrogen (secondary N) is 2. The van der Waals surface area contributed by atoms with Gasteiger partial charge in [0, 0.05) is 12.1 Å². The molecule has 2 atom stereocenters. The van der Waals surface area contributed by atoms with Crippen LogP contribution in [0.4, 0.5) is 0 Å². The molecule has 0 aliphatic heterocycles. The number of carbonyl (C=O) groups is 2. The van der Waals surface area contributed by atoms with Crippen molar-refractivity contribution in [3.63, 3.8) is 0 Å². The fourth-order valence-corrected chi connectivity index (χ4v) is 4.30. The third kappa shape index (κ3) is 6.25. The largest absolute Gasteiger partial charge is 0.483 e. The van der Waals surface area contributed by atoms with Crippen LogP contribution in [0.25, 0.3) is 0 Å². The molecule has 1 fully saturated rings. The van der Waals surface area contributed by atoms with Crippen LogP contribution in [0.5, 0.6) is 11.5 Å². The molecular formula is C26H34N2O4. The Morgan fingerprint density at radius 2 is 1.06 bits per heavy atom. The van der Waals surface area contributed by atoms with Crippen LogP contribution in [0.2, 0.25) is 0 Å². The Labute approximate surface area is 190 Å². The first-order valence-electron chi connectivity index (χ1n) is 11.3. The Morgan fingerprint density at radius 1 is 0.719 bits per heavy atom. The van der Waals surface area contributed by atoms with Gasteiger partial charge in [-0.3, -0.25) is 9.59 Å². The van der Waals surface area contributed by atoms with E-state index >= 15 is 0 Å². The van der Waals surface area contributed by atoms with Gasteiger partial charge in [-0.05, 0) is 62.8 Å². The van der Waals surface area contributed by atoms with Crippen molar-refractivity contribution in [2.24, 2.45) is 0 Å². The van der Waals surface area contributed by atoms with Crippen LogP contribution >= 0.6 is 0 Å². The average molecular weight is 439 g/mol. The molecule has 6 heteroatoms. The zero-order valence-corrected chi connectivity index (χ0v) is 19.5. The molecular weight excluding hydrogens is 404 g/mol. The van der Waals surface area contributed by atoms with E-state index in [1.54, 1.807) is 0 Å². The van der Waals surface area contributed by atoms with E-state index < -0.39 is 0 Å². The number of amides is 2. The summed E-state index contributed by atoms with van der Waals surface area (Å²) in [4.78, 5) is 25.1. The first kappa shape index (κ1) is 23.6. The van der Waals surface area contributed by atoms with E-state index in [-0.39, 0.29) is 37.1 Å². The SMILES string of the molecule is Cc1cccc(C)c1OCC(=O)N[C@@H]1CCCC[C@H]1NC(=O)COc1c(C)cccc1C. The average Bonchev–Trinajstić information content (AvgIpc) is 2.74. The molecule has 2 amide bonds. The summed E-state index contributed by atoms with van der Waals surface area (Å²) in [6, 6.07) is 11.6. The lowest BCUT2D eigenvalue weighted by molar-refractivity contribution is -0.127.